The second kappa shape index (κ2) is 8.35. The quantitative estimate of drug-likeness (QED) is 0.515. The maximum atomic E-state index is 13.4. The first-order valence-corrected chi connectivity index (χ1v) is 10.7. The fourth-order valence-corrected chi connectivity index (χ4v) is 4.13. The predicted molar refractivity (Wildman–Crippen MR) is 120 cm³/mol. The van der Waals surface area contributed by atoms with E-state index in [1.807, 2.05) is 69.0 Å². The van der Waals surface area contributed by atoms with Gasteiger partial charge in [-0.2, -0.15) is 0 Å². The molecule has 7 heteroatoms. The molecule has 31 heavy (non-hydrogen) atoms. The molecule has 1 amide bonds. The summed E-state index contributed by atoms with van der Waals surface area (Å²) in [5.41, 5.74) is 3.28. The van der Waals surface area contributed by atoms with Crippen molar-refractivity contribution >= 4 is 11.4 Å². The molecule has 7 nitrogen and oxygen atoms in total. The van der Waals surface area contributed by atoms with Crippen molar-refractivity contribution in [1.82, 2.24) is 28.7 Å². The molecular weight excluding hydrogens is 388 g/mol. The van der Waals surface area contributed by atoms with Crippen LogP contribution in [-0.4, -0.2) is 67.9 Å². The van der Waals surface area contributed by atoms with Crippen molar-refractivity contribution in [2.45, 2.75) is 13.0 Å². The Bertz CT molecular complexity index is 1200. The van der Waals surface area contributed by atoms with Crippen LogP contribution in [0.2, 0.25) is 0 Å². The number of nitrogens with zero attached hydrogens (tertiary/aromatic N) is 6. The van der Waals surface area contributed by atoms with Gasteiger partial charge in [-0.1, -0.05) is 36.4 Å². The number of amides is 1. The number of fused-ring (bicyclic) bond motifs is 1. The minimum absolute atomic E-state index is 0.00558. The van der Waals surface area contributed by atoms with E-state index >= 15 is 0 Å². The minimum Gasteiger partial charge on any atom is -0.336 e. The van der Waals surface area contributed by atoms with Crippen LogP contribution in [0.3, 0.4) is 0 Å². The molecule has 1 aliphatic rings. The first-order chi connectivity index (χ1) is 15.2. The molecule has 0 radical (unpaired) electrons. The zero-order valence-electron chi connectivity index (χ0n) is 17.7. The maximum absolute atomic E-state index is 13.4. The zero-order chi connectivity index (χ0) is 21.2. The first-order valence-electron chi connectivity index (χ1n) is 10.7. The van der Waals surface area contributed by atoms with E-state index in [1.165, 1.54) is 5.56 Å². The van der Waals surface area contributed by atoms with E-state index in [-0.39, 0.29) is 5.91 Å². The average Bonchev–Trinajstić information content (AvgIpc) is 3.34. The highest BCUT2D eigenvalue weighted by atomic mass is 16.2. The molecule has 1 saturated heterocycles. The van der Waals surface area contributed by atoms with Gasteiger partial charge in [-0.3, -0.25) is 9.20 Å². The first kappa shape index (κ1) is 19.5. The zero-order valence-corrected chi connectivity index (χ0v) is 17.7. The Hall–Kier alpha value is -3.45. The maximum Gasteiger partial charge on any atom is 0.274 e. The van der Waals surface area contributed by atoms with E-state index in [4.69, 9.17) is 4.98 Å². The molecule has 0 unspecified atom stereocenters. The number of hydrogen-bond donors (Lipinski definition) is 0. The molecule has 4 aromatic rings. The number of carbonyl (C=O) groups is 1. The summed E-state index contributed by atoms with van der Waals surface area (Å²) in [6, 6.07) is 16.1. The highest BCUT2D eigenvalue weighted by Gasteiger charge is 2.25. The minimum atomic E-state index is -0.00558. The standard InChI is InChI=1S/C24H26N6O/c1-27-11-7-12-29(15-14-27)24(31)22-21-10-5-6-13-30(21)23(26-22)20-17-28(18-25-20)16-19-8-3-2-4-9-19/h2-6,8-10,13,17-18H,7,11-12,14-16H2,1H3. The molecule has 1 aliphatic heterocycles. The Balaban J connectivity index is 1.47. The topological polar surface area (TPSA) is 58.7 Å². The van der Waals surface area contributed by atoms with Gasteiger partial charge in [-0.15, -0.1) is 0 Å². The predicted octanol–water partition coefficient (Wildman–Crippen LogP) is 3.02. The second-order valence-corrected chi connectivity index (χ2v) is 8.11. The molecule has 4 heterocycles. The van der Waals surface area contributed by atoms with Crippen molar-refractivity contribution in [2.24, 2.45) is 0 Å². The van der Waals surface area contributed by atoms with Gasteiger partial charge in [0, 0.05) is 38.6 Å². The van der Waals surface area contributed by atoms with Crippen LogP contribution >= 0.6 is 0 Å². The van der Waals surface area contributed by atoms with Crippen molar-refractivity contribution in [1.29, 1.82) is 0 Å². The number of carbonyl (C=O) groups excluding carboxylic acids is 1. The van der Waals surface area contributed by atoms with Crippen LogP contribution in [0.1, 0.15) is 22.5 Å². The van der Waals surface area contributed by atoms with Crippen molar-refractivity contribution < 1.29 is 4.79 Å². The van der Waals surface area contributed by atoms with E-state index in [9.17, 15) is 4.79 Å². The molecule has 158 valence electrons. The van der Waals surface area contributed by atoms with E-state index in [0.717, 1.165) is 50.4 Å². The lowest BCUT2D eigenvalue weighted by Crippen LogP contribution is -2.34. The Morgan fingerprint density at radius 3 is 2.71 bits per heavy atom. The SMILES string of the molecule is CN1CCCN(C(=O)c2nc(-c3cn(Cc4ccccc4)cn3)n3ccccc23)CC1. The molecule has 3 aromatic heterocycles. The van der Waals surface area contributed by atoms with Gasteiger partial charge in [0.25, 0.3) is 5.91 Å². The fraction of sp³-hybridized carbons (Fsp3) is 0.292. The summed E-state index contributed by atoms with van der Waals surface area (Å²) in [4.78, 5) is 26.9. The van der Waals surface area contributed by atoms with Gasteiger partial charge in [0.1, 0.15) is 5.69 Å². The van der Waals surface area contributed by atoms with Gasteiger partial charge in [0.15, 0.2) is 11.5 Å². The van der Waals surface area contributed by atoms with Crippen molar-refractivity contribution in [3.05, 3.63) is 78.5 Å². The number of pyridine rings is 1. The number of rotatable bonds is 4. The highest BCUT2D eigenvalue weighted by molar-refractivity contribution is 6.00. The van der Waals surface area contributed by atoms with Crippen molar-refractivity contribution in [3.63, 3.8) is 0 Å². The van der Waals surface area contributed by atoms with Crippen LogP contribution < -0.4 is 0 Å². The van der Waals surface area contributed by atoms with Crippen LogP contribution in [0.5, 0.6) is 0 Å². The molecule has 0 atom stereocenters. The van der Waals surface area contributed by atoms with Crippen molar-refractivity contribution in [2.75, 3.05) is 33.2 Å². The third-order valence-corrected chi connectivity index (χ3v) is 5.83. The van der Waals surface area contributed by atoms with Crippen LogP contribution in [0.15, 0.2) is 67.3 Å². The molecule has 5 rings (SSSR count). The summed E-state index contributed by atoms with van der Waals surface area (Å²) in [5, 5.41) is 0. The van der Waals surface area contributed by atoms with Gasteiger partial charge >= 0.3 is 0 Å². The van der Waals surface area contributed by atoms with E-state index in [2.05, 4.69) is 29.1 Å². The Labute approximate surface area is 181 Å². The molecule has 0 spiro atoms. The lowest BCUT2D eigenvalue weighted by Gasteiger charge is -2.19. The summed E-state index contributed by atoms with van der Waals surface area (Å²) < 4.78 is 4.01. The van der Waals surface area contributed by atoms with Gasteiger partial charge in [0.05, 0.1) is 11.8 Å². The smallest absolute Gasteiger partial charge is 0.274 e. The lowest BCUT2D eigenvalue weighted by molar-refractivity contribution is 0.0759. The van der Waals surface area contributed by atoms with E-state index in [0.29, 0.717) is 11.5 Å². The van der Waals surface area contributed by atoms with Gasteiger partial charge in [0.2, 0.25) is 0 Å². The van der Waals surface area contributed by atoms with Crippen molar-refractivity contribution in [3.8, 4) is 11.5 Å². The van der Waals surface area contributed by atoms with Gasteiger partial charge < -0.3 is 14.4 Å². The van der Waals surface area contributed by atoms with Gasteiger partial charge in [-0.25, -0.2) is 9.97 Å². The summed E-state index contributed by atoms with van der Waals surface area (Å²) in [6.45, 7) is 4.12. The molecule has 0 bridgehead atoms. The highest BCUT2D eigenvalue weighted by Crippen LogP contribution is 2.23. The molecular formula is C24H26N6O. The summed E-state index contributed by atoms with van der Waals surface area (Å²) in [5.74, 6) is 0.687. The second-order valence-electron chi connectivity index (χ2n) is 8.11. The normalized spacial score (nSPS) is 15.3. The van der Waals surface area contributed by atoms with E-state index in [1.54, 1.807) is 0 Å². The third kappa shape index (κ3) is 3.96. The monoisotopic (exact) mass is 414 g/mol. The average molecular weight is 415 g/mol. The largest absolute Gasteiger partial charge is 0.336 e. The number of hydrogen-bond acceptors (Lipinski definition) is 4. The molecule has 0 saturated carbocycles. The number of benzene rings is 1. The van der Waals surface area contributed by atoms with Crippen LogP contribution in [0.25, 0.3) is 17.0 Å². The molecule has 0 aliphatic carbocycles. The number of imidazole rings is 2. The molecule has 0 N–H and O–H groups in total. The number of likely N-dealkylation sites (N-methyl/N-ethyl adjacent to an activating group) is 1. The Morgan fingerprint density at radius 1 is 1.00 bits per heavy atom. The summed E-state index contributed by atoms with van der Waals surface area (Å²) >= 11 is 0. The Kier molecular flexibility index (Phi) is 5.26. The lowest BCUT2D eigenvalue weighted by atomic mass is 10.2. The third-order valence-electron chi connectivity index (χ3n) is 5.83. The molecule has 1 fully saturated rings. The van der Waals surface area contributed by atoms with Crippen LogP contribution in [-0.2, 0) is 6.54 Å². The summed E-state index contributed by atoms with van der Waals surface area (Å²) in [6.07, 6.45) is 6.73. The summed E-state index contributed by atoms with van der Waals surface area (Å²) in [7, 11) is 2.10. The van der Waals surface area contributed by atoms with Crippen LogP contribution in [0.4, 0.5) is 0 Å². The van der Waals surface area contributed by atoms with Gasteiger partial charge in [-0.05, 0) is 37.7 Å². The Morgan fingerprint density at radius 2 is 1.84 bits per heavy atom. The van der Waals surface area contributed by atoms with Crippen LogP contribution in [0, 0.1) is 0 Å². The number of aromatic nitrogens is 4. The molecule has 1 aromatic carbocycles. The fourth-order valence-electron chi connectivity index (χ4n) is 4.13. The van der Waals surface area contributed by atoms with E-state index < -0.39 is 0 Å².